The highest BCUT2D eigenvalue weighted by molar-refractivity contribution is 5.95. The quantitative estimate of drug-likeness (QED) is 0.430. The van der Waals surface area contributed by atoms with Crippen molar-refractivity contribution in [3.8, 4) is 5.75 Å². The molecule has 1 N–H and O–H groups in total. The maximum atomic E-state index is 13.0. The topological polar surface area (TPSA) is 86.6 Å². The molecule has 0 aliphatic rings. The van der Waals surface area contributed by atoms with Crippen molar-refractivity contribution < 1.29 is 23.9 Å². The van der Waals surface area contributed by atoms with Crippen molar-refractivity contribution in [2.24, 2.45) is 5.41 Å². The minimum Gasteiger partial charge on any atom is -0.486 e. The summed E-state index contributed by atoms with van der Waals surface area (Å²) in [6.07, 6.45) is 1.66. The molecule has 7 nitrogen and oxygen atoms in total. The Bertz CT molecular complexity index is 1090. The van der Waals surface area contributed by atoms with Gasteiger partial charge in [-0.3, -0.25) is 9.59 Å². The lowest BCUT2D eigenvalue weighted by Gasteiger charge is -2.34. The molecule has 1 heterocycles. The number of esters is 1. The number of Topliss-reactive ketones (excluding diaryl/α,β-unsaturated/α-hetero) is 1. The van der Waals surface area contributed by atoms with Crippen LogP contribution in [-0.2, 0) is 26.3 Å². The van der Waals surface area contributed by atoms with E-state index in [1.807, 2.05) is 57.4 Å². The molecule has 0 saturated carbocycles. The van der Waals surface area contributed by atoms with Gasteiger partial charge in [-0.1, -0.05) is 46.8 Å². The summed E-state index contributed by atoms with van der Waals surface area (Å²) >= 11 is 0. The van der Waals surface area contributed by atoms with Crippen molar-refractivity contribution in [2.45, 2.75) is 86.2 Å². The van der Waals surface area contributed by atoms with E-state index >= 15 is 0 Å². The maximum absolute atomic E-state index is 13.0. The first-order valence-electron chi connectivity index (χ1n) is 12.7. The Hall–Kier alpha value is -3.09. The molecule has 198 valence electrons. The average molecular weight is 499 g/mol. The van der Waals surface area contributed by atoms with E-state index in [4.69, 9.17) is 9.47 Å². The third-order valence-electron chi connectivity index (χ3n) is 7.05. The summed E-state index contributed by atoms with van der Waals surface area (Å²) in [4.78, 5) is 37.1. The summed E-state index contributed by atoms with van der Waals surface area (Å²) in [5, 5.41) is 2.73. The van der Waals surface area contributed by atoms with E-state index in [0.717, 1.165) is 29.7 Å². The summed E-state index contributed by atoms with van der Waals surface area (Å²) in [6.45, 7) is 16.2. The number of carbonyl (C=O) groups excluding carboxylic acids is 3. The van der Waals surface area contributed by atoms with Gasteiger partial charge in [0.2, 0.25) is 0 Å². The number of benzene rings is 1. The molecule has 2 aromatic rings. The number of nitrogens with zero attached hydrogens (tertiary/aromatic N) is 1. The molecule has 0 radical (unpaired) electrons. The number of hydrogen-bond donors (Lipinski definition) is 1. The van der Waals surface area contributed by atoms with Crippen LogP contribution in [0.5, 0.6) is 5.75 Å². The van der Waals surface area contributed by atoms with Crippen molar-refractivity contribution in [3.63, 3.8) is 0 Å². The number of ether oxygens (including phenoxy) is 2. The van der Waals surface area contributed by atoms with Gasteiger partial charge in [-0.15, -0.1) is 0 Å². The predicted molar refractivity (Wildman–Crippen MR) is 142 cm³/mol. The zero-order chi connectivity index (χ0) is 27.3. The average Bonchev–Trinajstić information content (AvgIpc) is 3.28. The Morgan fingerprint density at radius 3 is 2.17 bits per heavy atom. The van der Waals surface area contributed by atoms with Crippen LogP contribution in [0.3, 0.4) is 0 Å². The minimum atomic E-state index is -0.742. The van der Waals surface area contributed by atoms with E-state index in [1.54, 1.807) is 6.92 Å². The number of aromatic nitrogens is 1. The third-order valence-corrected chi connectivity index (χ3v) is 7.05. The van der Waals surface area contributed by atoms with E-state index in [1.165, 1.54) is 7.11 Å². The fraction of sp³-hybridized carbons (Fsp3) is 0.552. The molecule has 0 aliphatic heterocycles. The molecule has 1 amide bonds. The van der Waals surface area contributed by atoms with Gasteiger partial charge in [0, 0.05) is 23.1 Å². The number of hydrogen-bond acceptors (Lipinski definition) is 5. The van der Waals surface area contributed by atoms with E-state index in [-0.39, 0.29) is 23.7 Å². The molecule has 1 atom stereocenters. The van der Waals surface area contributed by atoms with Gasteiger partial charge in [0.05, 0.1) is 7.11 Å². The highest BCUT2D eigenvalue weighted by Gasteiger charge is 2.35. The predicted octanol–water partition coefficient (Wildman–Crippen LogP) is 5.21. The van der Waals surface area contributed by atoms with Crippen LogP contribution in [-0.4, -0.2) is 42.0 Å². The molecule has 1 aromatic carbocycles. The van der Waals surface area contributed by atoms with Crippen molar-refractivity contribution in [1.29, 1.82) is 0 Å². The second kappa shape index (κ2) is 11.8. The van der Waals surface area contributed by atoms with Gasteiger partial charge in [0.15, 0.2) is 5.78 Å². The number of nitrogens with one attached hydrogen (secondary N) is 1. The third kappa shape index (κ3) is 6.00. The molecule has 0 fully saturated rings. The molecule has 0 spiro atoms. The van der Waals surface area contributed by atoms with E-state index in [2.05, 4.69) is 31.3 Å². The minimum absolute atomic E-state index is 0.0392. The molecule has 36 heavy (non-hydrogen) atoms. The molecule has 0 unspecified atom stereocenters. The van der Waals surface area contributed by atoms with Gasteiger partial charge in [-0.25, -0.2) is 4.79 Å². The number of rotatable bonds is 11. The van der Waals surface area contributed by atoms with E-state index < -0.39 is 17.4 Å². The molecule has 7 heteroatoms. The van der Waals surface area contributed by atoms with Gasteiger partial charge in [0.25, 0.3) is 5.91 Å². The molecule has 0 saturated heterocycles. The van der Waals surface area contributed by atoms with Crippen molar-refractivity contribution in [1.82, 2.24) is 9.88 Å². The Kier molecular flexibility index (Phi) is 9.52. The summed E-state index contributed by atoms with van der Waals surface area (Å²) in [5.74, 6) is -0.0575. The van der Waals surface area contributed by atoms with Gasteiger partial charge < -0.3 is 19.4 Å². The molecule has 0 bridgehead atoms. The Balaban J connectivity index is 2.44. The van der Waals surface area contributed by atoms with Gasteiger partial charge in [-0.2, -0.15) is 0 Å². The summed E-state index contributed by atoms with van der Waals surface area (Å²) in [5.41, 5.74) is 2.86. The number of carbonyl (C=O) groups is 3. The summed E-state index contributed by atoms with van der Waals surface area (Å²) < 4.78 is 12.6. The van der Waals surface area contributed by atoms with Crippen LogP contribution in [0.25, 0.3) is 0 Å². The van der Waals surface area contributed by atoms with Crippen LogP contribution in [0.15, 0.2) is 30.3 Å². The Morgan fingerprint density at radius 1 is 1.03 bits per heavy atom. The van der Waals surface area contributed by atoms with Gasteiger partial charge in [0.1, 0.15) is 24.1 Å². The highest BCUT2D eigenvalue weighted by Crippen LogP contribution is 2.41. The summed E-state index contributed by atoms with van der Waals surface area (Å²) in [7, 11) is 1.30. The second-order valence-corrected chi connectivity index (χ2v) is 10.3. The molecule has 1 aromatic heterocycles. The SMILES string of the molecule is CCn1c(C(=O)N[C@@H](C)C(=O)OC)ccc1C(CC)(CC)c1ccc(OCC(=O)C(C)(C)C)c(C)c1. The van der Waals surface area contributed by atoms with Crippen LogP contribution < -0.4 is 10.1 Å². The summed E-state index contributed by atoms with van der Waals surface area (Å²) in [6, 6.07) is 9.20. The molecular formula is C29H42N2O5. The Morgan fingerprint density at radius 2 is 1.67 bits per heavy atom. The first-order valence-corrected chi connectivity index (χ1v) is 12.7. The highest BCUT2D eigenvalue weighted by atomic mass is 16.5. The fourth-order valence-corrected chi connectivity index (χ4v) is 4.57. The number of ketones is 1. The van der Waals surface area contributed by atoms with Crippen molar-refractivity contribution >= 4 is 17.7 Å². The standard InChI is InChI=1S/C29H42N2O5/c1-10-29(11-2,21-13-15-23(19(4)17-21)36-18-25(32)28(6,7)8)24-16-14-22(31(24)12-3)26(33)30-20(5)27(34)35-9/h13-17,20H,10-12,18H2,1-9H3,(H,30,33)/t20-/m0/s1. The lowest BCUT2D eigenvalue weighted by atomic mass is 9.72. The largest absolute Gasteiger partial charge is 0.486 e. The van der Waals surface area contributed by atoms with Gasteiger partial charge >= 0.3 is 5.97 Å². The normalized spacial score (nSPS) is 12.7. The van der Waals surface area contributed by atoms with Crippen LogP contribution in [0.2, 0.25) is 0 Å². The van der Waals surface area contributed by atoms with Crippen LogP contribution in [0, 0.1) is 12.3 Å². The second-order valence-electron chi connectivity index (χ2n) is 10.3. The first-order chi connectivity index (χ1) is 16.9. The maximum Gasteiger partial charge on any atom is 0.328 e. The van der Waals surface area contributed by atoms with Gasteiger partial charge in [-0.05, 0) is 62.9 Å². The zero-order valence-corrected chi connectivity index (χ0v) is 23.3. The molecule has 0 aliphatic carbocycles. The zero-order valence-electron chi connectivity index (χ0n) is 23.3. The lowest BCUT2D eigenvalue weighted by molar-refractivity contribution is -0.142. The number of methoxy groups -OCH3 is 1. The number of aryl methyl sites for hydroxylation is 1. The number of amides is 1. The van der Waals surface area contributed by atoms with Crippen molar-refractivity contribution in [3.05, 3.63) is 52.8 Å². The first kappa shape index (κ1) is 29.1. The molecular weight excluding hydrogens is 456 g/mol. The fourth-order valence-electron chi connectivity index (χ4n) is 4.57. The smallest absolute Gasteiger partial charge is 0.328 e. The lowest BCUT2D eigenvalue weighted by Crippen LogP contribution is -2.40. The van der Waals surface area contributed by atoms with Crippen LogP contribution in [0.4, 0.5) is 0 Å². The van der Waals surface area contributed by atoms with E-state index in [9.17, 15) is 14.4 Å². The van der Waals surface area contributed by atoms with Crippen LogP contribution in [0.1, 0.15) is 88.6 Å². The monoisotopic (exact) mass is 498 g/mol. The Labute approximate surface area is 215 Å². The van der Waals surface area contributed by atoms with E-state index in [0.29, 0.717) is 18.0 Å². The molecule has 2 rings (SSSR count). The van der Waals surface area contributed by atoms with Crippen molar-refractivity contribution in [2.75, 3.05) is 13.7 Å². The van der Waals surface area contributed by atoms with Crippen LogP contribution >= 0.6 is 0 Å².